The molecular formula is C35H43NO7S2. The van der Waals surface area contributed by atoms with Gasteiger partial charge in [-0.25, -0.2) is 8.42 Å². The highest BCUT2D eigenvalue weighted by atomic mass is 32.2. The highest BCUT2D eigenvalue weighted by Gasteiger charge is 2.29. The Kier molecular flexibility index (Phi) is 13.8. The minimum atomic E-state index is -4.27. The summed E-state index contributed by atoms with van der Waals surface area (Å²) >= 11 is 0. The molecule has 242 valence electrons. The molecule has 0 amide bonds. The van der Waals surface area contributed by atoms with Gasteiger partial charge in [0.1, 0.15) is 21.6 Å². The molecule has 0 saturated carbocycles. The average Bonchev–Trinajstić information content (AvgIpc) is 3.00. The Bertz CT molecular complexity index is 1480. The van der Waals surface area contributed by atoms with Gasteiger partial charge in [-0.3, -0.25) is 0 Å². The summed E-state index contributed by atoms with van der Waals surface area (Å²) in [6.07, 6.45) is -0.557. The van der Waals surface area contributed by atoms with E-state index in [0.29, 0.717) is 13.2 Å². The van der Waals surface area contributed by atoms with Crippen LogP contribution < -0.4 is 14.4 Å². The van der Waals surface area contributed by atoms with Crippen molar-refractivity contribution in [3.63, 3.8) is 0 Å². The van der Waals surface area contributed by atoms with Crippen LogP contribution in [0.1, 0.15) is 33.3 Å². The fourth-order valence-electron chi connectivity index (χ4n) is 4.22. The minimum Gasteiger partial charge on any atom is -0.744 e. The zero-order chi connectivity index (χ0) is 33.0. The first-order valence-electron chi connectivity index (χ1n) is 14.7. The van der Waals surface area contributed by atoms with Crippen LogP contribution in [0, 0.1) is 6.92 Å². The fraction of sp³-hybridized carbons (Fsp3) is 0.314. The number of rotatable bonds is 13. The van der Waals surface area contributed by atoms with Crippen molar-refractivity contribution in [2.24, 2.45) is 0 Å². The largest absolute Gasteiger partial charge is 0.744 e. The number of aryl methyl sites for hydroxylation is 1. The van der Waals surface area contributed by atoms with Crippen molar-refractivity contribution in [3.8, 4) is 11.5 Å². The highest BCUT2D eigenvalue weighted by molar-refractivity contribution is 7.97. The van der Waals surface area contributed by atoms with Crippen LogP contribution in [0.25, 0.3) is 0 Å². The number of ether oxygens (including phenoxy) is 4. The zero-order valence-corrected chi connectivity index (χ0v) is 28.6. The van der Waals surface area contributed by atoms with Crippen LogP contribution in [-0.2, 0) is 30.5 Å². The van der Waals surface area contributed by atoms with Gasteiger partial charge in [0.05, 0.1) is 15.8 Å². The van der Waals surface area contributed by atoms with Crippen LogP contribution in [0.15, 0.2) is 117 Å². The molecule has 0 fully saturated rings. The number of benzene rings is 4. The lowest BCUT2D eigenvalue weighted by Crippen LogP contribution is -2.16. The van der Waals surface area contributed by atoms with E-state index in [2.05, 4.69) is 67.5 Å². The molecule has 4 aromatic carbocycles. The second-order valence-corrected chi connectivity index (χ2v) is 13.6. The maximum Gasteiger partial charge on any atom is 0.196 e. The van der Waals surface area contributed by atoms with E-state index in [-0.39, 0.29) is 28.4 Å². The standard InChI is InChI=1S/C28H36NO4S.C7H8O3S/c1-7-30-21(3)32-24-11-17-27(18-12-24)34(26-15-9-23(10-16-26)29(5)6)28-19-13-25(14-20-28)33-22(4)31-8-2;1-6-2-4-7(5-3-6)11(8,9)10/h9-22H,7-8H2,1-6H3;2-5H,1H3,(H,8,9,10)/q+1;/p-1. The Hall–Kier alpha value is -3.54. The van der Waals surface area contributed by atoms with E-state index in [1.807, 2.05) is 58.9 Å². The van der Waals surface area contributed by atoms with E-state index < -0.39 is 10.1 Å². The number of hydrogen-bond acceptors (Lipinski definition) is 8. The van der Waals surface area contributed by atoms with Crippen molar-refractivity contribution in [3.05, 3.63) is 103 Å². The lowest BCUT2D eigenvalue weighted by molar-refractivity contribution is -0.0616. The smallest absolute Gasteiger partial charge is 0.196 e. The van der Waals surface area contributed by atoms with Gasteiger partial charge in [-0.2, -0.15) is 0 Å². The topological polar surface area (TPSA) is 97.4 Å². The Morgan fingerprint density at radius 1 is 0.667 bits per heavy atom. The van der Waals surface area contributed by atoms with E-state index in [0.717, 1.165) is 17.1 Å². The molecule has 0 heterocycles. The van der Waals surface area contributed by atoms with E-state index in [1.165, 1.54) is 32.5 Å². The lowest BCUT2D eigenvalue weighted by Gasteiger charge is -2.16. The van der Waals surface area contributed by atoms with Crippen LogP contribution in [-0.4, -0.2) is 52.9 Å². The predicted molar refractivity (Wildman–Crippen MR) is 178 cm³/mol. The minimum absolute atomic E-state index is 0.178. The molecule has 2 unspecified atom stereocenters. The molecule has 4 aromatic rings. The summed E-state index contributed by atoms with van der Waals surface area (Å²) in [4.78, 5) is 5.61. The number of anilines is 1. The first-order chi connectivity index (χ1) is 21.4. The first kappa shape index (κ1) is 35.9. The molecule has 4 rings (SSSR count). The number of nitrogens with zero attached hydrogens (tertiary/aromatic N) is 1. The van der Waals surface area contributed by atoms with Gasteiger partial charge in [-0.05, 0) is 120 Å². The van der Waals surface area contributed by atoms with Crippen LogP contribution in [0.4, 0.5) is 5.69 Å². The molecule has 10 heteroatoms. The molecule has 0 aromatic heterocycles. The molecule has 0 radical (unpaired) electrons. The van der Waals surface area contributed by atoms with Crippen molar-refractivity contribution < 1.29 is 31.9 Å². The van der Waals surface area contributed by atoms with E-state index >= 15 is 0 Å². The van der Waals surface area contributed by atoms with E-state index in [1.54, 1.807) is 12.1 Å². The first-order valence-corrected chi connectivity index (χ1v) is 17.4. The molecule has 0 aliphatic heterocycles. The predicted octanol–water partition coefficient (Wildman–Crippen LogP) is 7.27. The van der Waals surface area contributed by atoms with Crippen LogP contribution in [0.3, 0.4) is 0 Å². The van der Waals surface area contributed by atoms with Gasteiger partial charge in [0.2, 0.25) is 0 Å². The summed E-state index contributed by atoms with van der Waals surface area (Å²) < 4.78 is 53.9. The third kappa shape index (κ3) is 11.4. The Morgan fingerprint density at radius 2 is 1.04 bits per heavy atom. The van der Waals surface area contributed by atoms with Gasteiger partial charge in [0.25, 0.3) is 0 Å². The summed E-state index contributed by atoms with van der Waals surface area (Å²) in [6.45, 7) is 10.8. The number of hydrogen-bond donors (Lipinski definition) is 0. The van der Waals surface area contributed by atoms with Gasteiger partial charge < -0.3 is 28.4 Å². The second kappa shape index (κ2) is 17.2. The van der Waals surface area contributed by atoms with Crippen molar-refractivity contribution in [2.45, 2.75) is 66.8 Å². The molecule has 0 aliphatic carbocycles. The molecule has 0 saturated heterocycles. The van der Waals surface area contributed by atoms with Gasteiger partial charge in [0.15, 0.2) is 27.3 Å². The molecule has 8 nitrogen and oxygen atoms in total. The molecule has 0 spiro atoms. The summed E-state index contributed by atoms with van der Waals surface area (Å²) in [5.74, 6) is 1.59. The molecule has 0 N–H and O–H groups in total. The summed E-state index contributed by atoms with van der Waals surface area (Å²) in [6, 6.07) is 31.1. The monoisotopic (exact) mass is 653 g/mol. The Labute approximate surface area is 271 Å². The van der Waals surface area contributed by atoms with E-state index in [9.17, 15) is 13.0 Å². The van der Waals surface area contributed by atoms with Gasteiger partial charge in [-0.1, -0.05) is 17.7 Å². The van der Waals surface area contributed by atoms with Gasteiger partial charge >= 0.3 is 0 Å². The van der Waals surface area contributed by atoms with Crippen LogP contribution in [0.2, 0.25) is 0 Å². The third-order valence-electron chi connectivity index (χ3n) is 6.42. The SMILES string of the molecule is CCOC(C)Oc1ccc([S+](c2ccc(OC(C)OCC)cc2)c2ccc(N(C)C)cc2)cc1.Cc1ccc(S(=O)(=O)[O-])cc1. The lowest BCUT2D eigenvalue weighted by atomic mass is 10.2. The molecular weight excluding hydrogens is 611 g/mol. The van der Waals surface area contributed by atoms with E-state index in [4.69, 9.17) is 18.9 Å². The second-order valence-electron chi connectivity index (χ2n) is 10.2. The molecule has 0 bridgehead atoms. The summed E-state index contributed by atoms with van der Waals surface area (Å²) in [5.41, 5.74) is 2.10. The highest BCUT2D eigenvalue weighted by Crippen LogP contribution is 2.34. The third-order valence-corrected chi connectivity index (χ3v) is 9.50. The summed E-state index contributed by atoms with van der Waals surface area (Å²) in [5, 5.41) is 0. The van der Waals surface area contributed by atoms with Crippen molar-refractivity contribution in [2.75, 3.05) is 32.2 Å². The average molecular weight is 654 g/mol. The van der Waals surface area contributed by atoms with Gasteiger partial charge in [0, 0.05) is 33.0 Å². The van der Waals surface area contributed by atoms with Crippen LogP contribution >= 0.6 is 0 Å². The molecule has 2 atom stereocenters. The Balaban J connectivity index is 0.000000423. The quantitative estimate of drug-likeness (QED) is 0.0845. The maximum absolute atomic E-state index is 10.4. The van der Waals surface area contributed by atoms with Crippen molar-refractivity contribution in [1.82, 2.24) is 0 Å². The maximum atomic E-state index is 10.4. The zero-order valence-electron chi connectivity index (χ0n) is 26.9. The molecule has 45 heavy (non-hydrogen) atoms. The normalized spacial score (nSPS) is 13.2. The summed E-state index contributed by atoms with van der Waals surface area (Å²) in [7, 11) is -0.438. The van der Waals surface area contributed by atoms with Gasteiger partial charge in [-0.15, -0.1) is 0 Å². The van der Waals surface area contributed by atoms with Crippen molar-refractivity contribution in [1.29, 1.82) is 0 Å². The van der Waals surface area contributed by atoms with Crippen LogP contribution in [0.5, 0.6) is 11.5 Å². The fourth-order valence-corrected chi connectivity index (χ4v) is 6.73. The van der Waals surface area contributed by atoms with Crippen molar-refractivity contribution >= 4 is 26.7 Å². The Morgan fingerprint density at radius 3 is 1.38 bits per heavy atom. The molecule has 0 aliphatic rings.